The lowest BCUT2D eigenvalue weighted by atomic mass is 10.2. The largest absolute Gasteiger partial charge is 0.369 e. The van der Waals surface area contributed by atoms with Crippen LogP contribution in [-0.2, 0) is 13.1 Å². The topological polar surface area (TPSA) is 82.2 Å². The molecule has 3 aromatic rings. The van der Waals surface area contributed by atoms with Gasteiger partial charge < -0.3 is 20.9 Å². The van der Waals surface area contributed by atoms with E-state index in [9.17, 15) is 4.79 Å². The lowest BCUT2D eigenvalue weighted by Gasteiger charge is -2.18. The molecule has 0 spiro atoms. The van der Waals surface area contributed by atoms with Gasteiger partial charge in [-0.1, -0.05) is 42.5 Å². The van der Waals surface area contributed by atoms with Gasteiger partial charge in [0.25, 0.3) is 0 Å². The third-order valence-corrected chi connectivity index (χ3v) is 4.81. The van der Waals surface area contributed by atoms with Gasteiger partial charge in [0.1, 0.15) is 5.82 Å². The van der Waals surface area contributed by atoms with E-state index >= 15 is 0 Å². The first kappa shape index (κ1) is 21.5. The molecule has 2 amide bonds. The highest BCUT2D eigenvalue weighted by Gasteiger charge is 2.13. The molecule has 0 fully saturated rings. The van der Waals surface area contributed by atoms with E-state index in [1.54, 1.807) is 11.9 Å². The Balaban J connectivity index is 1.64. The van der Waals surface area contributed by atoms with Gasteiger partial charge in [-0.05, 0) is 44.1 Å². The van der Waals surface area contributed by atoms with Crippen molar-refractivity contribution in [1.82, 2.24) is 25.5 Å². The fraction of sp³-hybridized carbons (Fsp3) is 0.348. The number of amides is 2. The number of aromatic nitrogens is 2. The number of carbonyl (C=O) groups is 1. The molecule has 0 bridgehead atoms. The van der Waals surface area contributed by atoms with Crippen molar-refractivity contribution in [3.05, 3.63) is 66.0 Å². The first-order chi connectivity index (χ1) is 14.7. The van der Waals surface area contributed by atoms with Crippen molar-refractivity contribution in [1.29, 1.82) is 0 Å². The van der Waals surface area contributed by atoms with Crippen molar-refractivity contribution < 1.29 is 4.79 Å². The zero-order chi connectivity index (χ0) is 21.2. The monoisotopic (exact) mass is 406 g/mol. The summed E-state index contributed by atoms with van der Waals surface area (Å²) in [5.41, 5.74) is 1.93. The number of nitrogens with zero attached hydrogens (tertiary/aromatic N) is 3. The molecule has 158 valence electrons. The maximum absolute atomic E-state index is 12.5. The molecule has 0 atom stereocenters. The van der Waals surface area contributed by atoms with E-state index in [1.807, 2.05) is 61.6 Å². The zero-order valence-corrected chi connectivity index (χ0v) is 17.7. The Morgan fingerprint density at radius 2 is 1.70 bits per heavy atom. The number of rotatable bonds is 10. The number of hydrogen-bond acceptors (Lipinski definition) is 5. The fourth-order valence-corrected chi connectivity index (χ4v) is 3.16. The van der Waals surface area contributed by atoms with Crippen molar-refractivity contribution in [3.63, 3.8) is 0 Å². The number of para-hydroxylation sites is 1. The normalized spacial score (nSPS) is 10.7. The molecule has 0 aliphatic rings. The minimum atomic E-state index is -0.155. The Labute approximate surface area is 177 Å². The van der Waals surface area contributed by atoms with E-state index in [-0.39, 0.29) is 6.03 Å². The van der Waals surface area contributed by atoms with Crippen molar-refractivity contribution in [2.75, 3.05) is 32.5 Å². The lowest BCUT2D eigenvalue weighted by Crippen LogP contribution is -2.36. The second-order valence-corrected chi connectivity index (χ2v) is 7.24. The first-order valence-corrected chi connectivity index (χ1v) is 10.3. The number of fused-ring (bicyclic) bond motifs is 1. The predicted octanol–water partition coefficient (Wildman–Crippen LogP) is 3.38. The summed E-state index contributed by atoms with van der Waals surface area (Å²) in [5, 5.41) is 10.5. The molecule has 0 unspecified atom stereocenters. The minimum Gasteiger partial charge on any atom is -0.369 e. The number of nitrogens with one attached hydrogen (secondary N) is 3. The Morgan fingerprint density at radius 1 is 0.967 bits per heavy atom. The molecule has 0 saturated carbocycles. The summed E-state index contributed by atoms with van der Waals surface area (Å²) >= 11 is 0. The second-order valence-electron chi connectivity index (χ2n) is 7.24. The van der Waals surface area contributed by atoms with Gasteiger partial charge in [-0.25, -0.2) is 14.8 Å². The maximum Gasteiger partial charge on any atom is 0.317 e. The van der Waals surface area contributed by atoms with Crippen LogP contribution in [0.5, 0.6) is 0 Å². The number of hydrogen-bond donors (Lipinski definition) is 3. The Hall–Kier alpha value is -3.19. The van der Waals surface area contributed by atoms with E-state index in [0.29, 0.717) is 18.9 Å². The molecular weight excluding hydrogens is 376 g/mol. The molecule has 1 heterocycles. The van der Waals surface area contributed by atoms with Crippen LogP contribution < -0.4 is 16.0 Å². The fourth-order valence-electron chi connectivity index (χ4n) is 3.16. The Morgan fingerprint density at radius 3 is 2.50 bits per heavy atom. The van der Waals surface area contributed by atoms with E-state index in [1.165, 1.54) is 0 Å². The predicted molar refractivity (Wildman–Crippen MR) is 121 cm³/mol. The molecule has 0 aliphatic carbocycles. The molecular formula is C23H30N6O. The SMILES string of the molecule is CNCCCCNc1nc(CN(C)C(=O)NCc2ccccc2)nc2ccccc12. The summed E-state index contributed by atoms with van der Waals surface area (Å²) in [4.78, 5) is 23.4. The summed E-state index contributed by atoms with van der Waals surface area (Å²) < 4.78 is 0. The lowest BCUT2D eigenvalue weighted by molar-refractivity contribution is 0.205. The molecule has 0 radical (unpaired) electrons. The van der Waals surface area contributed by atoms with E-state index in [2.05, 4.69) is 20.9 Å². The van der Waals surface area contributed by atoms with Crippen LogP contribution in [0.15, 0.2) is 54.6 Å². The van der Waals surface area contributed by atoms with Gasteiger partial charge in [0.05, 0.1) is 12.1 Å². The van der Waals surface area contributed by atoms with Crippen LogP contribution >= 0.6 is 0 Å². The standard InChI is InChI=1S/C23H30N6O/c1-24-14-8-9-15-25-22-19-12-6-7-13-20(19)27-21(28-22)17-29(2)23(30)26-16-18-10-4-3-5-11-18/h3-7,10-13,24H,8-9,14-17H2,1-2H3,(H,26,30)(H,25,27,28). The molecule has 30 heavy (non-hydrogen) atoms. The average molecular weight is 407 g/mol. The van der Waals surface area contributed by atoms with Crippen LogP contribution in [0, 0.1) is 0 Å². The number of urea groups is 1. The molecule has 2 aromatic carbocycles. The molecule has 0 saturated heterocycles. The van der Waals surface area contributed by atoms with Crippen molar-refractivity contribution in [2.24, 2.45) is 0 Å². The van der Waals surface area contributed by atoms with Gasteiger partial charge >= 0.3 is 6.03 Å². The smallest absolute Gasteiger partial charge is 0.317 e. The summed E-state index contributed by atoms with van der Waals surface area (Å²) in [6.45, 7) is 2.66. The number of carbonyl (C=O) groups excluding carboxylic acids is 1. The maximum atomic E-state index is 12.5. The third kappa shape index (κ3) is 6.15. The highest BCUT2D eigenvalue weighted by atomic mass is 16.2. The molecule has 1 aromatic heterocycles. The summed E-state index contributed by atoms with van der Waals surface area (Å²) in [6, 6.07) is 17.6. The third-order valence-electron chi connectivity index (χ3n) is 4.81. The minimum absolute atomic E-state index is 0.155. The summed E-state index contributed by atoms with van der Waals surface area (Å²) in [7, 11) is 3.72. The van der Waals surface area contributed by atoms with Crippen LogP contribution in [0.3, 0.4) is 0 Å². The second kappa shape index (κ2) is 11.1. The quantitative estimate of drug-likeness (QED) is 0.450. The van der Waals surface area contributed by atoms with Crippen LogP contribution in [0.25, 0.3) is 10.9 Å². The van der Waals surface area contributed by atoms with Gasteiger partial charge in [0.15, 0.2) is 5.82 Å². The van der Waals surface area contributed by atoms with Crippen molar-refractivity contribution in [2.45, 2.75) is 25.9 Å². The number of anilines is 1. The summed E-state index contributed by atoms with van der Waals surface area (Å²) in [6.07, 6.45) is 2.15. The van der Waals surface area contributed by atoms with Crippen LogP contribution in [0.4, 0.5) is 10.6 Å². The Kier molecular flexibility index (Phi) is 7.97. The summed E-state index contributed by atoms with van der Waals surface area (Å²) in [5.74, 6) is 1.43. The highest BCUT2D eigenvalue weighted by Crippen LogP contribution is 2.20. The van der Waals surface area contributed by atoms with Gasteiger partial charge in [-0.3, -0.25) is 0 Å². The molecule has 3 N–H and O–H groups in total. The Bertz CT molecular complexity index is 947. The number of benzene rings is 2. The van der Waals surface area contributed by atoms with Gasteiger partial charge in [0, 0.05) is 25.5 Å². The van der Waals surface area contributed by atoms with Crippen molar-refractivity contribution >= 4 is 22.8 Å². The van der Waals surface area contributed by atoms with Gasteiger partial charge in [0.2, 0.25) is 0 Å². The number of unbranched alkanes of at least 4 members (excludes halogenated alkanes) is 1. The van der Waals surface area contributed by atoms with Crippen molar-refractivity contribution in [3.8, 4) is 0 Å². The van der Waals surface area contributed by atoms with Gasteiger partial charge in [-0.2, -0.15) is 0 Å². The van der Waals surface area contributed by atoms with Gasteiger partial charge in [-0.15, -0.1) is 0 Å². The average Bonchev–Trinajstić information content (AvgIpc) is 2.78. The van der Waals surface area contributed by atoms with E-state index in [0.717, 1.165) is 48.2 Å². The molecule has 3 rings (SSSR count). The molecule has 7 heteroatoms. The molecule has 7 nitrogen and oxygen atoms in total. The highest BCUT2D eigenvalue weighted by molar-refractivity contribution is 5.89. The zero-order valence-electron chi connectivity index (χ0n) is 17.7. The van der Waals surface area contributed by atoms with E-state index < -0.39 is 0 Å². The van der Waals surface area contributed by atoms with Crippen LogP contribution in [0.1, 0.15) is 24.2 Å². The van der Waals surface area contributed by atoms with Crippen LogP contribution in [0.2, 0.25) is 0 Å². The van der Waals surface area contributed by atoms with Crippen LogP contribution in [-0.4, -0.2) is 48.1 Å². The molecule has 0 aliphatic heterocycles. The van der Waals surface area contributed by atoms with E-state index in [4.69, 9.17) is 4.98 Å². The first-order valence-electron chi connectivity index (χ1n) is 10.3.